The van der Waals surface area contributed by atoms with Gasteiger partial charge in [-0.15, -0.1) is 0 Å². The van der Waals surface area contributed by atoms with Crippen molar-refractivity contribution in [2.45, 2.75) is 25.9 Å². The standard InChI is InChI=1S/C12H14ClF2NO3/c13-9-7-8(4-5-10(9)19-12(14)15)16-11(18)3-1-2-6-17/h4-5,7,12,17H,1-3,6H2,(H,16,18). The summed E-state index contributed by atoms with van der Waals surface area (Å²) in [4.78, 5) is 11.5. The summed E-state index contributed by atoms with van der Waals surface area (Å²) < 4.78 is 28.2. The number of hydrogen-bond acceptors (Lipinski definition) is 3. The number of rotatable bonds is 7. The maximum absolute atomic E-state index is 12.0. The number of aliphatic hydroxyl groups excluding tert-OH is 1. The quantitative estimate of drug-likeness (QED) is 0.760. The lowest BCUT2D eigenvalue weighted by Gasteiger charge is -2.09. The van der Waals surface area contributed by atoms with Crippen molar-refractivity contribution >= 4 is 23.2 Å². The Labute approximate surface area is 114 Å². The van der Waals surface area contributed by atoms with E-state index in [-0.39, 0.29) is 29.7 Å². The third-order valence-electron chi connectivity index (χ3n) is 2.24. The Balaban J connectivity index is 2.55. The fourth-order valence-electron chi connectivity index (χ4n) is 1.39. The van der Waals surface area contributed by atoms with Crippen molar-refractivity contribution in [3.05, 3.63) is 23.2 Å². The summed E-state index contributed by atoms with van der Waals surface area (Å²) in [5.41, 5.74) is 0.403. The number of ether oxygens (including phenoxy) is 1. The van der Waals surface area contributed by atoms with Gasteiger partial charge in [0.25, 0.3) is 0 Å². The van der Waals surface area contributed by atoms with Gasteiger partial charge in [-0.1, -0.05) is 11.6 Å². The molecule has 19 heavy (non-hydrogen) atoms. The maximum atomic E-state index is 12.0. The third kappa shape index (κ3) is 5.85. The first kappa shape index (κ1) is 15.7. The van der Waals surface area contributed by atoms with Gasteiger partial charge in [0.2, 0.25) is 5.91 Å². The van der Waals surface area contributed by atoms with Gasteiger partial charge in [0, 0.05) is 18.7 Å². The van der Waals surface area contributed by atoms with Gasteiger partial charge in [-0.2, -0.15) is 8.78 Å². The molecule has 0 aliphatic rings. The van der Waals surface area contributed by atoms with Crippen LogP contribution >= 0.6 is 11.6 Å². The van der Waals surface area contributed by atoms with Crippen LogP contribution in [0.2, 0.25) is 5.02 Å². The first-order valence-corrected chi connectivity index (χ1v) is 6.06. The second kappa shape index (κ2) is 7.91. The van der Waals surface area contributed by atoms with Crippen LogP contribution in [0.25, 0.3) is 0 Å². The Kier molecular flexibility index (Phi) is 6.52. The molecular formula is C12H14ClF2NO3. The molecule has 0 aliphatic carbocycles. The maximum Gasteiger partial charge on any atom is 0.387 e. The molecule has 0 bridgehead atoms. The first-order valence-electron chi connectivity index (χ1n) is 5.68. The lowest BCUT2D eigenvalue weighted by Crippen LogP contribution is -2.11. The summed E-state index contributed by atoms with van der Waals surface area (Å²) in [5, 5.41) is 11.2. The van der Waals surface area contributed by atoms with E-state index >= 15 is 0 Å². The van der Waals surface area contributed by atoms with Crippen LogP contribution in [0, 0.1) is 0 Å². The molecule has 0 heterocycles. The van der Waals surface area contributed by atoms with Gasteiger partial charge in [-0.3, -0.25) is 4.79 Å². The molecule has 106 valence electrons. The van der Waals surface area contributed by atoms with Crippen LogP contribution in [-0.4, -0.2) is 24.2 Å². The average molecular weight is 294 g/mol. The number of carbonyl (C=O) groups is 1. The SMILES string of the molecule is O=C(CCCCO)Nc1ccc(OC(F)F)c(Cl)c1. The molecule has 0 aromatic heterocycles. The fourth-order valence-corrected chi connectivity index (χ4v) is 1.62. The van der Waals surface area contributed by atoms with Gasteiger partial charge >= 0.3 is 6.61 Å². The van der Waals surface area contributed by atoms with Crippen molar-refractivity contribution in [2.75, 3.05) is 11.9 Å². The molecular weight excluding hydrogens is 280 g/mol. The summed E-state index contributed by atoms with van der Waals surface area (Å²) in [6.45, 7) is -2.91. The topological polar surface area (TPSA) is 58.6 Å². The first-order chi connectivity index (χ1) is 9.02. The second-order valence-electron chi connectivity index (χ2n) is 3.75. The number of nitrogens with one attached hydrogen (secondary N) is 1. The zero-order chi connectivity index (χ0) is 14.3. The smallest absolute Gasteiger partial charge is 0.387 e. The van der Waals surface area contributed by atoms with Crippen molar-refractivity contribution < 1.29 is 23.4 Å². The van der Waals surface area contributed by atoms with E-state index in [1.165, 1.54) is 18.2 Å². The number of amides is 1. The average Bonchev–Trinajstić information content (AvgIpc) is 2.32. The highest BCUT2D eigenvalue weighted by Crippen LogP contribution is 2.28. The van der Waals surface area contributed by atoms with E-state index in [2.05, 4.69) is 10.1 Å². The van der Waals surface area contributed by atoms with E-state index < -0.39 is 6.61 Å². The molecule has 0 spiro atoms. The summed E-state index contributed by atoms with van der Waals surface area (Å²) in [6.07, 6.45) is 1.39. The van der Waals surface area contributed by atoms with E-state index in [0.717, 1.165) is 0 Å². The minimum absolute atomic E-state index is 0.00606. The highest BCUT2D eigenvalue weighted by atomic mass is 35.5. The largest absolute Gasteiger partial charge is 0.433 e. The highest BCUT2D eigenvalue weighted by Gasteiger charge is 2.10. The second-order valence-corrected chi connectivity index (χ2v) is 4.16. The minimum atomic E-state index is -2.95. The number of carbonyl (C=O) groups excluding carboxylic acids is 1. The Morgan fingerprint density at radius 2 is 2.16 bits per heavy atom. The molecule has 0 aliphatic heterocycles. The number of halogens is 3. The molecule has 1 aromatic rings. The lowest BCUT2D eigenvalue weighted by molar-refractivity contribution is -0.116. The summed E-state index contributed by atoms with van der Waals surface area (Å²) >= 11 is 5.74. The fraction of sp³-hybridized carbons (Fsp3) is 0.417. The van der Waals surface area contributed by atoms with Crippen molar-refractivity contribution in [3.63, 3.8) is 0 Å². The monoisotopic (exact) mass is 293 g/mol. The van der Waals surface area contributed by atoms with Crippen LogP contribution in [-0.2, 0) is 4.79 Å². The summed E-state index contributed by atoms with van der Waals surface area (Å²) in [5.74, 6) is -0.373. The molecule has 1 rings (SSSR count). The van der Waals surface area contributed by atoms with Crippen LogP contribution in [0.4, 0.5) is 14.5 Å². The molecule has 1 aromatic carbocycles. The van der Waals surface area contributed by atoms with E-state index in [1.54, 1.807) is 0 Å². The van der Waals surface area contributed by atoms with Crippen molar-refractivity contribution in [3.8, 4) is 5.75 Å². The Morgan fingerprint density at radius 1 is 1.42 bits per heavy atom. The van der Waals surface area contributed by atoms with Gasteiger partial charge in [0.1, 0.15) is 5.75 Å². The zero-order valence-electron chi connectivity index (χ0n) is 10.0. The molecule has 1 amide bonds. The Hall–Kier alpha value is -1.40. The molecule has 4 nitrogen and oxygen atoms in total. The van der Waals surface area contributed by atoms with E-state index in [0.29, 0.717) is 18.5 Å². The van der Waals surface area contributed by atoms with E-state index in [4.69, 9.17) is 16.7 Å². The molecule has 0 unspecified atom stereocenters. The number of hydrogen-bond donors (Lipinski definition) is 2. The minimum Gasteiger partial charge on any atom is -0.433 e. The third-order valence-corrected chi connectivity index (χ3v) is 2.54. The van der Waals surface area contributed by atoms with Crippen LogP contribution in [0.1, 0.15) is 19.3 Å². The molecule has 0 fully saturated rings. The van der Waals surface area contributed by atoms with E-state index in [1.807, 2.05) is 0 Å². The van der Waals surface area contributed by atoms with Crippen molar-refractivity contribution in [1.82, 2.24) is 0 Å². The van der Waals surface area contributed by atoms with E-state index in [9.17, 15) is 13.6 Å². The number of anilines is 1. The van der Waals surface area contributed by atoms with Crippen molar-refractivity contribution in [1.29, 1.82) is 0 Å². The normalized spacial score (nSPS) is 10.6. The van der Waals surface area contributed by atoms with Crippen LogP contribution in [0.3, 0.4) is 0 Å². The predicted octanol–water partition coefficient (Wildman–Crippen LogP) is 3.04. The summed E-state index contributed by atoms with van der Waals surface area (Å²) in [6, 6.07) is 4.02. The number of alkyl halides is 2. The Bertz CT molecular complexity index is 429. The number of aliphatic hydroxyl groups is 1. The van der Waals surface area contributed by atoms with Gasteiger partial charge in [-0.05, 0) is 31.0 Å². The lowest BCUT2D eigenvalue weighted by atomic mass is 10.2. The van der Waals surface area contributed by atoms with Gasteiger partial charge in [-0.25, -0.2) is 0 Å². The summed E-state index contributed by atoms with van der Waals surface area (Å²) in [7, 11) is 0. The number of unbranched alkanes of at least 4 members (excludes halogenated alkanes) is 1. The zero-order valence-corrected chi connectivity index (χ0v) is 10.8. The molecule has 0 saturated heterocycles. The van der Waals surface area contributed by atoms with Crippen LogP contribution in [0.5, 0.6) is 5.75 Å². The molecule has 0 atom stereocenters. The molecule has 2 N–H and O–H groups in total. The van der Waals surface area contributed by atoms with Crippen LogP contribution < -0.4 is 10.1 Å². The number of benzene rings is 1. The van der Waals surface area contributed by atoms with Gasteiger partial charge in [0.15, 0.2) is 0 Å². The predicted molar refractivity (Wildman–Crippen MR) is 67.7 cm³/mol. The van der Waals surface area contributed by atoms with Crippen molar-refractivity contribution in [2.24, 2.45) is 0 Å². The van der Waals surface area contributed by atoms with Crippen LogP contribution in [0.15, 0.2) is 18.2 Å². The van der Waals surface area contributed by atoms with Gasteiger partial charge < -0.3 is 15.2 Å². The molecule has 0 saturated carbocycles. The molecule has 7 heteroatoms. The highest BCUT2D eigenvalue weighted by molar-refractivity contribution is 6.32. The van der Waals surface area contributed by atoms with Gasteiger partial charge in [0.05, 0.1) is 5.02 Å². The Morgan fingerprint density at radius 3 is 2.74 bits per heavy atom. The molecule has 0 radical (unpaired) electrons.